The summed E-state index contributed by atoms with van der Waals surface area (Å²) in [5.74, 6) is -0.345. The molecular formula is C16H16N2O2. The fourth-order valence-electron chi connectivity index (χ4n) is 2.25. The molecule has 0 bridgehead atoms. The third-order valence-corrected chi connectivity index (χ3v) is 3.32. The Balaban J connectivity index is 2.27. The fraction of sp³-hybridized carbons (Fsp3) is 0.250. The van der Waals surface area contributed by atoms with Gasteiger partial charge in [-0.15, -0.1) is 0 Å². The highest BCUT2D eigenvalue weighted by atomic mass is 16.5. The lowest BCUT2D eigenvalue weighted by molar-refractivity contribution is 0.0600. The van der Waals surface area contributed by atoms with Gasteiger partial charge in [-0.25, -0.2) is 4.79 Å². The van der Waals surface area contributed by atoms with Crippen LogP contribution < -0.4 is 0 Å². The largest absolute Gasteiger partial charge is 0.465 e. The minimum absolute atomic E-state index is 0.345. The lowest BCUT2D eigenvalue weighted by atomic mass is 10.1. The number of methoxy groups -OCH3 is 1. The maximum absolute atomic E-state index is 11.4. The predicted molar refractivity (Wildman–Crippen MR) is 75.5 cm³/mol. The zero-order chi connectivity index (χ0) is 14.7. The molecule has 1 heterocycles. The molecule has 0 spiro atoms. The lowest BCUT2D eigenvalue weighted by Crippen LogP contribution is -2.06. The number of hydrogen-bond donors (Lipinski definition) is 0. The molecule has 1 aromatic heterocycles. The van der Waals surface area contributed by atoms with Gasteiger partial charge in [0.2, 0.25) is 0 Å². The number of carbonyl (C=O) groups excluding carboxylic acids is 1. The van der Waals surface area contributed by atoms with Crippen LogP contribution in [0.25, 0.3) is 0 Å². The first-order chi connectivity index (χ1) is 9.56. The van der Waals surface area contributed by atoms with Crippen molar-refractivity contribution < 1.29 is 9.53 Å². The summed E-state index contributed by atoms with van der Waals surface area (Å²) in [4.78, 5) is 11.4. The van der Waals surface area contributed by atoms with Crippen LogP contribution in [0.4, 0.5) is 0 Å². The summed E-state index contributed by atoms with van der Waals surface area (Å²) in [6.45, 7) is 4.53. The molecule has 2 aromatic rings. The standard InChI is InChI=1S/C16H16N2O2/c1-11-8-12(2)18(15(11)9-17)10-13-4-6-14(7-5-13)16(19)20-3/h4-8H,10H2,1-3H3. The number of nitriles is 1. The van der Waals surface area contributed by atoms with E-state index in [1.165, 1.54) is 7.11 Å². The summed E-state index contributed by atoms with van der Waals surface area (Å²) in [6, 6.07) is 11.5. The van der Waals surface area contributed by atoms with E-state index in [0.717, 1.165) is 16.8 Å². The van der Waals surface area contributed by atoms with Crippen LogP contribution in [-0.2, 0) is 11.3 Å². The Bertz CT molecular complexity index is 676. The van der Waals surface area contributed by atoms with Crippen LogP contribution >= 0.6 is 0 Å². The number of aromatic nitrogens is 1. The van der Waals surface area contributed by atoms with Crippen molar-refractivity contribution in [3.8, 4) is 6.07 Å². The van der Waals surface area contributed by atoms with Crippen LogP contribution in [-0.4, -0.2) is 17.6 Å². The van der Waals surface area contributed by atoms with E-state index in [1.807, 2.05) is 36.6 Å². The van der Waals surface area contributed by atoms with Gasteiger partial charge in [-0.2, -0.15) is 5.26 Å². The second kappa shape index (κ2) is 5.62. The van der Waals surface area contributed by atoms with Gasteiger partial charge in [-0.1, -0.05) is 12.1 Å². The molecule has 0 fully saturated rings. The molecule has 2 rings (SSSR count). The smallest absolute Gasteiger partial charge is 0.337 e. The maximum Gasteiger partial charge on any atom is 0.337 e. The van der Waals surface area contributed by atoms with Crippen molar-refractivity contribution in [1.29, 1.82) is 5.26 Å². The molecule has 0 amide bonds. The molecule has 0 aliphatic carbocycles. The molecule has 0 saturated heterocycles. The van der Waals surface area contributed by atoms with Crippen molar-refractivity contribution in [2.24, 2.45) is 0 Å². The Labute approximate surface area is 118 Å². The first kappa shape index (κ1) is 13.9. The Kier molecular flexibility index (Phi) is 3.90. The van der Waals surface area contributed by atoms with Crippen LogP contribution in [0.2, 0.25) is 0 Å². The van der Waals surface area contributed by atoms with Gasteiger partial charge >= 0.3 is 5.97 Å². The predicted octanol–water partition coefficient (Wildman–Crippen LogP) is 2.81. The highest BCUT2D eigenvalue weighted by Crippen LogP contribution is 2.16. The maximum atomic E-state index is 11.4. The van der Waals surface area contributed by atoms with Crippen LogP contribution in [0.15, 0.2) is 30.3 Å². The average Bonchev–Trinajstić information content (AvgIpc) is 2.72. The lowest BCUT2D eigenvalue weighted by Gasteiger charge is -2.09. The van der Waals surface area contributed by atoms with Gasteiger partial charge in [0.1, 0.15) is 11.8 Å². The highest BCUT2D eigenvalue weighted by molar-refractivity contribution is 5.89. The van der Waals surface area contributed by atoms with Gasteiger partial charge in [0.25, 0.3) is 0 Å². The van der Waals surface area contributed by atoms with Crippen LogP contribution in [0.3, 0.4) is 0 Å². The van der Waals surface area contributed by atoms with E-state index in [2.05, 4.69) is 10.8 Å². The molecule has 0 aliphatic rings. The molecule has 20 heavy (non-hydrogen) atoms. The van der Waals surface area contributed by atoms with E-state index in [9.17, 15) is 10.1 Å². The molecule has 4 heteroatoms. The number of rotatable bonds is 3. The minimum Gasteiger partial charge on any atom is -0.465 e. The number of esters is 1. The van der Waals surface area contributed by atoms with Crippen LogP contribution in [0.1, 0.15) is 32.9 Å². The molecule has 102 valence electrons. The summed E-state index contributed by atoms with van der Waals surface area (Å²) in [6.07, 6.45) is 0. The molecular weight excluding hydrogens is 252 g/mol. The number of benzene rings is 1. The van der Waals surface area contributed by atoms with E-state index in [1.54, 1.807) is 12.1 Å². The van der Waals surface area contributed by atoms with Gasteiger partial charge in [0, 0.05) is 12.2 Å². The molecule has 4 nitrogen and oxygen atoms in total. The minimum atomic E-state index is -0.345. The number of ether oxygens (including phenoxy) is 1. The molecule has 0 atom stereocenters. The Morgan fingerprint density at radius 3 is 2.50 bits per heavy atom. The van der Waals surface area contributed by atoms with E-state index < -0.39 is 0 Å². The Morgan fingerprint density at radius 2 is 1.95 bits per heavy atom. The summed E-state index contributed by atoms with van der Waals surface area (Å²) in [5.41, 5.74) is 4.27. The van der Waals surface area contributed by atoms with Crippen molar-refractivity contribution in [3.05, 3.63) is 58.4 Å². The molecule has 0 N–H and O–H groups in total. The molecule has 0 radical (unpaired) electrons. The molecule has 1 aromatic carbocycles. The summed E-state index contributed by atoms with van der Waals surface area (Å²) in [7, 11) is 1.36. The topological polar surface area (TPSA) is 55.0 Å². The van der Waals surface area contributed by atoms with Crippen molar-refractivity contribution in [1.82, 2.24) is 4.57 Å². The van der Waals surface area contributed by atoms with Crippen LogP contribution in [0, 0.1) is 25.2 Å². The molecule has 0 aliphatic heterocycles. The van der Waals surface area contributed by atoms with E-state index in [4.69, 9.17) is 0 Å². The Hall–Kier alpha value is -2.54. The quantitative estimate of drug-likeness (QED) is 0.804. The monoisotopic (exact) mass is 268 g/mol. The van der Waals surface area contributed by atoms with E-state index in [-0.39, 0.29) is 5.97 Å². The zero-order valence-corrected chi connectivity index (χ0v) is 11.8. The number of carbonyl (C=O) groups is 1. The first-order valence-corrected chi connectivity index (χ1v) is 6.31. The van der Waals surface area contributed by atoms with Crippen molar-refractivity contribution in [2.75, 3.05) is 7.11 Å². The van der Waals surface area contributed by atoms with Gasteiger partial charge in [0.05, 0.1) is 12.7 Å². The van der Waals surface area contributed by atoms with Crippen molar-refractivity contribution in [2.45, 2.75) is 20.4 Å². The van der Waals surface area contributed by atoms with Gasteiger partial charge in [-0.05, 0) is 43.2 Å². The second-order valence-corrected chi connectivity index (χ2v) is 4.70. The Morgan fingerprint density at radius 1 is 1.30 bits per heavy atom. The van der Waals surface area contributed by atoms with E-state index in [0.29, 0.717) is 17.8 Å². The van der Waals surface area contributed by atoms with Crippen LogP contribution in [0.5, 0.6) is 0 Å². The molecule has 0 saturated carbocycles. The van der Waals surface area contributed by atoms with Gasteiger partial charge in [-0.3, -0.25) is 0 Å². The fourth-order valence-corrected chi connectivity index (χ4v) is 2.25. The summed E-state index contributed by atoms with van der Waals surface area (Å²) in [5, 5.41) is 9.21. The normalized spacial score (nSPS) is 10.1. The van der Waals surface area contributed by atoms with Crippen molar-refractivity contribution >= 4 is 5.97 Å². The van der Waals surface area contributed by atoms with E-state index >= 15 is 0 Å². The average molecular weight is 268 g/mol. The zero-order valence-electron chi connectivity index (χ0n) is 11.8. The number of aryl methyl sites for hydroxylation is 2. The number of nitrogens with zero attached hydrogens (tertiary/aromatic N) is 2. The van der Waals surface area contributed by atoms with Gasteiger partial charge < -0.3 is 9.30 Å². The highest BCUT2D eigenvalue weighted by Gasteiger charge is 2.10. The SMILES string of the molecule is COC(=O)c1ccc(Cn2c(C)cc(C)c2C#N)cc1. The number of hydrogen-bond acceptors (Lipinski definition) is 3. The van der Waals surface area contributed by atoms with Crippen molar-refractivity contribution in [3.63, 3.8) is 0 Å². The summed E-state index contributed by atoms with van der Waals surface area (Å²) < 4.78 is 6.64. The summed E-state index contributed by atoms with van der Waals surface area (Å²) >= 11 is 0. The third kappa shape index (κ3) is 2.57. The van der Waals surface area contributed by atoms with Gasteiger partial charge in [0.15, 0.2) is 0 Å². The second-order valence-electron chi connectivity index (χ2n) is 4.70. The molecule has 0 unspecified atom stereocenters. The third-order valence-electron chi connectivity index (χ3n) is 3.32. The first-order valence-electron chi connectivity index (χ1n) is 6.31.